The Bertz CT molecular complexity index is 1040. The van der Waals surface area contributed by atoms with Gasteiger partial charge in [0.1, 0.15) is 0 Å². The second-order valence-corrected chi connectivity index (χ2v) is 5.81. The third-order valence-corrected chi connectivity index (χ3v) is 3.90. The number of carbonyl (C=O) groups is 2. The first-order valence-electron chi connectivity index (χ1n) is 8.18. The molecule has 3 N–H and O–H groups in total. The number of hydrogen-bond donors (Lipinski definition) is 3. The van der Waals surface area contributed by atoms with Crippen molar-refractivity contribution >= 4 is 28.9 Å². The molecule has 2 aromatic carbocycles. The largest absolute Gasteiger partial charge is 0.417 e. The number of para-hydroxylation sites is 1. The van der Waals surface area contributed by atoms with Gasteiger partial charge in [-0.3, -0.25) is 9.59 Å². The summed E-state index contributed by atoms with van der Waals surface area (Å²) in [4.78, 5) is 26.8. The molecule has 3 aromatic rings. The molecule has 0 spiro atoms. The lowest BCUT2D eigenvalue weighted by Gasteiger charge is -2.12. The van der Waals surface area contributed by atoms with Crippen LogP contribution in [0.25, 0.3) is 10.9 Å². The molecule has 0 atom stereocenters. The number of nitrogens with zero attached hydrogens (tertiary/aromatic N) is 1. The van der Waals surface area contributed by atoms with Crippen molar-refractivity contribution in [3.63, 3.8) is 0 Å². The zero-order chi connectivity index (χ0) is 20.1. The Hall–Kier alpha value is -3.62. The molecule has 0 aliphatic rings. The fraction of sp³-hybridized carbons (Fsp3) is 0.105. The van der Waals surface area contributed by atoms with Crippen molar-refractivity contribution < 1.29 is 22.8 Å². The molecular formula is C19H15F3N4O2. The summed E-state index contributed by atoms with van der Waals surface area (Å²) in [7, 11) is 0. The molecular weight excluding hydrogens is 373 g/mol. The molecule has 0 fully saturated rings. The van der Waals surface area contributed by atoms with Gasteiger partial charge in [0.15, 0.2) is 0 Å². The van der Waals surface area contributed by atoms with Gasteiger partial charge in [0, 0.05) is 22.7 Å². The Morgan fingerprint density at radius 1 is 1.07 bits per heavy atom. The predicted molar refractivity (Wildman–Crippen MR) is 97.8 cm³/mol. The molecule has 0 aliphatic carbocycles. The SMILES string of the molecule is O=C(CNC(=O)c1ccccc1C(F)(F)F)N/N=C\c1c[nH]c2ccccc12. The molecule has 2 amide bonds. The average molecular weight is 388 g/mol. The standard InChI is InChI=1S/C19H15F3N4O2/c20-19(21,22)15-7-3-1-6-14(15)18(28)24-11-17(27)26-25-10-12-9-23-16-8-4-2-5-13(12)16/h1-10,23H,11H2,(H,24,28)(H,26,27)/b25-10-. The number of aromatic nitrogens is 1. The first-order chi connectivity index (χ1) is 13.4. The van der Waals surface area contributed by atoms with E-state index in [0.29, 0.717) is 0 Å². The lowest BCUT2D eigenvalue weighted by atomic mass is 10.1. The molecule has 0 saturated carbocycles. The maximum atomic E-state index is 12.9. The van der Waals surface area contributed by atoms with E-state index in [2.05, 4.69) is 20.8 Å². The third-order valence-electron chi connectivity index (χ3n) is 3.90. The van der Waals surface area contributed by atoms with Crippen molar-refractivity contribution in [3.8, 4) is 0 Å². The minimum absolute atomic E-state index is 0.518. The summed E-state index contributed by atoms with van der Waals surface area (Å²) in [5.41, 5.74) is 2.26. The predicted octanol–water partition coefficient (Wildman–Crippen LogP) is 3.07. The van der Waals surface area contributed by atoms with Gasteiger partial charge in [-0.05, 0) is 18.2 Å². The average Bonchev–Trinajstić information content (AvgIpc) is 3.09. The maximum Gasteiger partial charge on any atom is 0.417 e. The zero-order valence-corrected chi connectivity index (χ0v) is 14.4. The van der Waals surface area contributed by atoms with Crippen LogP contribution in [0.1, 0.15) is 21.5 Å². The quantitative estimate of drug-likeness (QED) is 0.464. The molecule has 1 aromatic heterocycles. The minimum Gasteiger partial charge on any atom is -0.361 e. The second-order valence-electron chi connectivity index (χ2n) is 5.81. The normalized spacial score (nSPS) is 11.7. The molecule has 28 heavy (non-hydrogen) atoms. The molecule has 0 bridgehead atoms. The fourth-order valence-corrected chi connectivity index (χ4v) is 2.60. The number of hydrazone groups is 1. The highest BCUT2D eigenvalue weighted by Gasteiger charge is 2.34. The maximum absolute atomic E-state index is 12.9. The van der Waals surface area contributed by atoms with E-state index >= 15 is 0 Å². The van der Waals surface area contributed by atoms with Crippen LogP contribution in [0.4, 0.5) is 13.2 Å². The number of halogens is 3. The van der Waals surface area contributed by atoms with Gasteiger partial charge in [-0.1, -0.05) is 30.3 Å². The van der Waals surface area contributed by atoms with Crippen LogP contribution in [0.15, 0.2) is 59.8 Å². The Morgan fingerprint density at radius 3 is 2.57 bits per heavy atom. The van der Waals surface area contributed by atoms with Gasteiger partial charge >= 0.3 is 6.18 Å². The summed E-state index contributed by atoms with van der Waals surface area (Å²) in [6.45, 7) is -0.518. The summed E-state index contributed by atoms with van der Waals surface area (Å²) < 4.78 is 38.8. The van der Waals surface area contributed by atoms with Gasteiger partial charge in [0.05, 0.1) is 23.9 Å². The number of carbonyl (C=O) groups excluding carboxylic acids is 2. The van der Waals surface area contributed by atoms with Crippen molar-refractivity contribution in [2.45, 2.75) is 6.18 Å². The molecule has 0 aliphatic heterocycles. The second kappa shape index (κ2) is 7.95. The van der Waals surface area contributed by atoms with E-state index < -0.39 is 35.7 Å². The van der Waals surface area contributed by atoms with Crippen LogP contribution in [0.2, 0.25) is 0 Å². The Balaban J connectivity index is 1.57. The van der Waals surface area contributed by atoms with Crippen LogP contribution in [0.3, 0.4) is 0 Å². The van der Waals surface area contributed by atoms with Crippen LogP contribution < -0.4 is 10.7 Å². The van der Waals surface area contributed by atoms with E-state index in [-0.39, 0.29) is 0 Å². The summed E-state index contributed by atoms with van der Waals surface area (Å²) in [5.74, 6) is -1.67. The third kappa shape index (κ3) is 4.37. The highest BCUT2D eigenvalue weighted by Crippen LogP contribution is 2.31. The van der Waals surface area contributed by atoms with Crippen LogP contribution >= 0.6 is 0 Å². The molecule has 1 heterocycles. The number of hydrogen-bond acceptors (Lipinski definition) is 3. The smallest absolute Gasteiger partial charge is 0.361 e. The van der Waals surface area contributed by atoms with E-state index in [0.717, 1.165) is 28.6 Å². The number of fused-ring (bicyclic) bond motifs is 1. The van der Waals surface area contributed by atoms with Gasteiger partial charge in [-0.2, -0.15) is 18.3 Å². The molecule has 9 heteroatoms. The molecule has 0 unspecified atom stereocenters. The molecule has 144 valence electrons. The van der Waals surface area contributed by atoms with Crippen LogP contribution in [-0.4, -0.2) is 29.6 Å². The molecule has 0 radical (unpaired) electrons. The highest BCUT2D eigenvalue weighted by molar-refractivity contribution is 6.00. The minimum atomic E-state index is -4.67. The van der Waals surface area contributed by atoms with Crippen LogP contribution in [0.5, 0.6) is 0 Å². The van der Waals surface area contributed by atoms with Gasteiger partial charge in [0.2, 0.25) is 0 Å². The number of rotatable bonds is 5. The van der Waals surface area contributed by atoms with Crippen molar-refractivity contribution in [1.29, 1.82) is 0 Å². The fourth-order valence-electron chi connectivity index (χ4n) is 2.60. The van der Waals surface area contributed by atoms with E-state index in [4.69, 9.17) is 0 Å². The summed E-state index contributed by atoms with van der Waals surface area (Å²) in [6.07, 6.45) is -1.52. The molecule has 0 saturated heterocycles. The van der Waals surface area contributed by atoms with Crippen molar-refractivity contribution in [3.05, 3.63) is 71.4 Å². The van der Waals surface area contributed by atoms with Crippen LogP contribution in [-0.2, 0) is 11.0 Å². The number of nitrogens with one attached hydrogen (secondary N) is 3. The number of aromatic amines is 1. The number of amides is 2. The van der Waals surface area contributed by atoms with Gasteiger partial charge in [-0.25, -0.2) is 5.43 Å². The van der Waals surface area contributed by atoms with E-state index in [1.54, 1.807) is 6.20 Å². The first-order valence-corrected chi connectivity index (χ1v) is 8.18. The number of benzene rings is 2. The Labute approximate surface area is 157 Å². The lowest BCUT2D eigenvalue weighted by Crippen LogP contribution is -2.35. The Kier molecular flexibility index (Phi) is 5.44. The van der Waals surface area contributed by atoms with Gasteiger partial charge < -0.3 is 10.3 Å². The molecule has 3 rings (SSSR count). The van der Waals surface area contributed by atoms with E-state index in [9.17, 15) is 22.8 Å². The van der Waals surface area contributed by atoms with Gasteiger partial charge in [-0.15, -0.1) is 0 Å². The molecule has 6 nitrogen and oxygen atoms in total. The van der Waals surface area contributed by atoms with E-state index in [1.807, 2.05) is 24.3 Å². The highest BCUT2D eigenvalue weighted by atomic mass is 19.4. The van der Waals surface area contributed by atoms with Crippen LogP contribution in [0, 0.1) is 0 Å². The van der Waals surface area contributed by atoms with Crippen molar-refractivity contribution in [1.82, 2.24) is 15.7 Å². The number of H-pyrrole nitrogens is 1. The van der Waals surface area contributed by atoms with Gasteiger partial charge in [0.25, 0.3) is 11.8 Å². The zero-order valence-electron chi connectivity index (χ0n) is 14.4. The monoisotopic (exact) mass is 388 g/mol. The Morgan fingerprint density at radius 2 is 1.79 bits per heavy atom. The van der Waals surface area contributed by atoms with Crippen molar-refractivity contribution in [2.24, 2.45) is 5.10 Å². The van der Waals surface area contributed by atoms with E-state index in [1.165, 1.54) is 18.3 Å². The number of alkyl halides is 3. The topological polar surface area (TPSA) is 86.3 Å². The summed E-state index contributed by atoms with van der Waals surface area (Å²) in [6, 6.07) is 11.9. The van der Waals surface area contributed by atoms with Crippen molar-refractivity contribution in [2.75, 3.05) is 6.54 Å². The lowest BCUT2D eigenvalue weighted by molar-refractivity contribution is -0.137. The first kappa shape index (κ1) is 19.2. The summed E-state index contributed by atoms with van der Waals surface area (Å²) in [5, 5.41) is 6.86. The summed E-state index contributed by atoms with van der Waals surface area (Å²) >= 11 is 0.